The summed E-state index contributed by atoms with van der Waals surface area (Å²) in [6, 6.07) is 2.89. The van der Waals surface area contributed by atoms with Crippen molar-refractivity contribution >= 4 is 15.8 Å². The lowest BCUT2D eigenvalue weighted by Crippen LogP contribution is -2.28. The lowest BCUT2D eigenvalue weighted by molar-refractivity contribution is -0.158. The fourth-order valence-electron chi connectivity index (χ4n) is 3.37. The molecule has 2 fully saturated rings. The van der Waals surface area contributed by atoms with E-state index in [9.17, 15) is 18.3 Å². The minimum Gasteiger partial charge on any atom is -0.479 e. The van der Waals surface area contributed by atoms with Crippen LogP contribution in [0.1, 0.15) is 50.2 Å². The Labute approximate surface area is 147 Å². The molecule has 1 aliphatic carbocycles. The van der Waals surface area contributed by atoms with Gasteiger partial charge in [0.15, 0.2) is 21.0 Å². The molecule has 1 aliphatic heterocycles. The number of pyridine rings is 1. The van der Waals surface area contributed by atoms with Gasteiger partial charge in [-0.05, 0) is 31.7 Å². The summed E-state index contributed by atoms with van der Waals surface area (Å²) in [4.78, 5) is 15.6. The first kappa shape index (κ1) is 18.3. The summed E-state index contributed by atoms with van der Waals surface area (Å²) >= 11 is 0. The maximum Gasteiger partial charge on any atom is 0.337 e. The van der Waals surface area contributed by atoms with Gasteiger partial charge in [-0.2, -0.15) is 0 Å². The van der Waals surface area contributed by atoms with Crippen LogP contribution < -0.4 is 0 Å². The summed E-state index contributed by atoms with van der Waals surface area (Å²) in [5, 5.41) is 9.09. The number of aliphatic carboxylic acids is 1. The molecule has 7 nitrogen and oxygen atoms in total. The van der Waals surface area contributed by atoms with Crippen LogP contribution in [0.15, 0.2) is 23.4 Å². The zero-order valence-corrected chi connectivity index (χ0v) is 14.8. The molecule has 138 valence electrons. The van der Waals surface area contributed by atoms with Crippen LogP contribution in [0.5, 0.6) is 0 Å². The number of rotatable bonds is 6. The number of carboxylic acids is 1. The van der Waals surface area contributed by atoms with E-state index in [1.165, 1.54) is 18.3 Å². The van der Waals surface area contributed by atoms with Gasteiger partial charge in [-0.25, -0.2) is 18.2 Å². The largest absolute Gasteiger partial charge is 0.479 e. The van der Waals surface area contributed by atoms with Crippen LogP contribution in [0.4, 0.5) is 0 Å². The number of carboxylic acid groups (broad SMARTS) is 1. The van der Waals surface area contributed by atoms with E-state index >= 15 is 0 Å². The number of sulfone groups is 1. The zero-order chi connectivity index (χ0) is 17.9. The highest BCUT2D eigenvalue weighted by atomic mass is 32.2. The smallest absolute Gasteiger partial charge is 0.337 e. The van der Waals surface area contributed by atoms with E-state index in [0.717, 1.165) is 12.8 Å². The summed E-state index contributed by atoms with van der Waals surface area (Å²) in [5.74, 6) is -1.11. The molecule has 0 aromatic carbocycles. The first-order chi connectivity index (χ1) is 12.0. The van der Waals surface area contributed by atoms with Crippen LogP contribution in [-0.2, 0) is 24.1 Å². The van der Waals surface area contributed by atoms with Crippen molar-refractivity contribution in [1.82, 2.24) is 4.98 Å². The number of hydrogen-bond donors (Lipinski definition) is 1. The van der Waals surface area contributed by atoms with E-state index in [2.05, 4.69) is 4.98 Å². The lowest BCUT2D eigenvalue weighted by atomic mass is 10.1. The molecule has 0 radical (unpaired) electrons. The Bertz CT molecular complexity index is 690. The first-order valence-corrected chi connectivity index (χ1v) is 10.2. The second-order valence-electron chi connectivity index (χ2n) is 6.55. The van der Waals surface area contributed by atoms with Crippen molar-refractivity contribution in [2.45, 2.75) is 61.0 Å². The molecule has 1 saturated heterocycles. The molecule has 0 spiro atoms. The summed E-state index contributed by atoms with van der Waals surface area (Å²) in [7, 11) is -3.44. The standard InChI is InChI=1S/C17H23NO6S/c19-17(20)16(24-13-7-9-23-10-8-13)12-5-6-15(18-11-12)25(21,22)14-3-1-2-4-14/h5-6,11,13-14,16H,1-4,7-10H2,(H,19,20). The molecule has 3 rings (SSSR count). The molecule has 0 amide bonds. The average Bonchev–Trinajstić information content (AvgIpc) is 3.16. The predicted octanol–water partition coefficient (Wildman–Crippen LogP) is 2.12. The number of carbonyl (C=O) groups is 1. The maximum absolute atomic E-state index is 12.5. The number of nitrogens with zero attached hydrogens (tertiary/aromatic N) is 1. The molecule has 0 bridgehead atoms. The molecular formula is C17H23NO6S. The minimum atomic E-state index is -3.44. The fraction of sp³-hybridized carbons (Fsp3) is 0.647. The summed E-state index contributed by atoms with van der Waals surface area (Å²) in [6.45, 7) is 1.10. The molecule has 1 saturated carbocycles. The quantitative estimate of drug-likeness (QED) is 0.819. The Hall–Kier alpha value is -1.51. The molecule has 1 N–H and O–H groups in total. The molecule has 1 atom stereocenters. The third-order valence-corrected chi connectivity index (χ3v) is 6.99. The van der Waals surface area contributed by atoms with E-state index < -0.39 is 21.9 Å². The van der Waals surface area contributed by atoms with Gasteiger partial charge in [0.25, 0.3) is 0 Å². The van der Waals surface area contributed by atoms with Gasteiger partial charge in [0.05, 0.1) is 11.4 Å². The van der Waals surface area contributed by atoms with Gasteiger partial charge in [0.2, 0.25) is 0 Å². The number of hydrogen-bond acceptors (Lipinski definition) is 6. The van der Waals surface area contributed by atoms with Crippen molar-refractivity contribution in [1.29, 1.82) is 0 Å². The normalized spacial score (nSPS) is 21.3. The SMILES string of the molecule is O=C(O)C(OC1CCOCC1)c1ccc(S(=O)(=O)C2CCCC2)nc1. The summed E-state index contributed by atoms with van der Waals surface area (Å²) in [6.07, 6.45) is 4.42. The third kappa shape index (κ3) is 4.19. The van der Waals surface area contributed by atoms with Crippen LogP contribution >= 0.6 is 0 Å². The van der Waals surface area contributed by atoms with Crippen LogP contribution in [0.2, 0.25) is 0 Å². The Morgan fingerprint density at radius 1 is 1.20 bits per heavy atom. The van der Waals surface area contributed by atoms with Crippen LogP contribution in [0, 0.1) is 0 Å². The highest BCUT2D eigenvalue weighted by Gasteiger charge is 2.32. The number of aromatic nitrogens is 1. The highest BCUT2D eigenvalue weighted by molar-refractivity contribution is 7.92. The Morgan fingerprint density at radius 3 is 2.44 bits per heavy atom. The van der Waals surface area contributed by atoms with E-state index in [1.54, 1.807) is 0 Å². The van der Waals surface area contributed by atoms with Gasteiger partial charge < -0.3 is 14.6 Å². The molecule has 2 heterocycles. The molecule has 2 aliphatic rings. The maximum atomic E-state index is 12.5. The Morgan fingerprint density at radius 2 is 1.88 bits per heavy atom. The Kier molecular flexibility index (Phi) is 5.71. The molecule has 8 heteroatoms. The monoisotopic (exact) mass is 369 g/mol. The summed E-state index contributed by atoms with van der Waals surface area (Å²) < 4.78 is 36.0. The van der Waals surface area contributed by atoms with Crippen LogP contribution in [0.25, 0.3) is 0 Å². The van der Waals surface area contributed by atoms with Crippen molar-refractivity contribution < 1.29 is 27.8 Å². The zero-order valence-electron chi connectivity index (χ0n) is 14.0. The lowest BCUT2D eigenvalue weighted by Gasteiger charge is -2.25. The van der Waals surface area contributed by atoms with Gasteiger partial charge in [0.1, 0.15) is 0 Å². The van der Waals surface area contributed by atoms with Gasteiger partial charge in [-0.1, -0.05) is 18.9 Å². The van der Waals surface area contributed by atoms with Gasteiger partial charge in [0, 0.05) is 25.0 Å². The van der Waals surface area contributed by atoms with Crippen molar-refractivity contribution in [3.05, 3.63) is 23.9 Å². The molecule has 25 heavy (non-hydrogen) atoms. The number of ether oxygens (including phenoxy) is 2. The molecule has 1 aromatic rings. The molecular weight excluding hydrogens is 346 g/mol. The average molecular weight is 369 g/mol. The third-order valence-electron chi connectivity index (χ3n) is 4.82. The topological polar surface area (TPSA) is 103 Å². The van der Waals surface area contributed by atoms with Crippen molar-refractivity contribution in [2.75, 3.05) is 13.2 Å². The van der Waals surface area contributed by atoms with Crippen LogP contribution in [0.3, 0.4) is 0 Å². The fourth-order valence-corrected chi connectivity index (χ4v) is 5.12. The predicted molar refractivity (Wildman–Crippen MR) is 89.0 cm³/mol. The highest BCUT2D eigenvalue weighted by Crippen LogP contribution is 2.30. The van der Waals surface area contributed by atoms with Crippen molar-refractivity contribution in [3.8, 4) is 0 Å². The molecule has 1 aromatic heterocycles. The second-order valence-corrected chi connectivity index (χ2v) is 8.72. The Balaban J connectivity index is 1.75. The van der Waals surface area contributed by atoms with E-state index in [0.29, 0.717) is 44.5 Å². The van der Waals surface area contributed by atoms with Crippen molar-refractivity contribution in [2.24, 2.45) is 0 Å². The second kappa shape index (κ2) is 7.80. The van der Waals surface area contributed by atoms with E-state index in [4.69, 9.17) is 9.47 Å². The van der Waals surface area contributed by atoms with Crippen molar-refractivity contribution in [3.63, 3.8) is 0 Å². The molecule has 1 unspecified atom stereocenters. The van der Waals surface area contributed by atoms with E-state index in [1.807, 2.05) is 0 Å². The van der Waals surface area contributed by atoms with E-state index in [-0.39, 0.29) is 16.4 Å². The van der Waals surface area contributed by atoms with Gasteiger partial charge >= 0.3 is 5.97 Å². The van der Waals surface area contributed by atoms with Crippen LogP contribution in [-0.4, -0.2) is 49.0 Å². The van der Waals surface area contributed by atoms with Gasteiger partial charge in [-0.3, -0.25) is 0 Å². The first-order valence-electron chi connectivity index (χ1n) is 8.64. The van der Waals surface area contributed by atoms with Gasteiger partial charge in [-0.15, -0.1) is 0 Å². The summed E-state index contributed by atoms with van der Waals surface area (Å²) in [5.41, 5.74) is 0.351. The minimum absolute atomic E-state index is 0.0124.